The molecule has 3 aromatic carbocycles. The molecule has 0 saturated heterocycles. The smallest absolute Gasteiger partial charge is 0.126 e. The zero-order chi connectivity index (χ0) is 22.5. The second kappa shape index (κ2) is 9.72. The summed E-state index contributed by atoms with van der Waals surface area (Å²) in [6, 6.07) is 17.3. The maximum atomic E-state index is 13.4. The number of unbranched alkanes of at least 4 members (excludes halogenated alkanes) is 1. The molecule has 0 aliphatic heterocycles. The van der Waals surface area contributed by atoms with Crippen molar-refractivity contribution in [3.63, 3.8) is 0 Å². The Labute approximate surface area is 191 Å². The van der Waals surface area contributed by atoms with E-state index in [-0.39, 0.29) is 5.82 Å². The molecule has 0 amide bonds. The van der Waals surface area contributed by atoms with Gasteiger partial charge in [0, 0.05) is 22.3 Å². The van der Waals surface area contributed by atoms with Gasteiger partial charge in [0.15, 0.2) is 0 Å². The van der Waals surface area contributed by atoms with Crippen LogP contribution in [0, 0.1) is 43.3 Å². The van der Waals surface area contributed by atoms with Crippen LogP contribution in [0.25, 0.3) is 6.08 Å². The van der Waals surface area contributed by atoms with E-state index in [1.165, 1.54) is 42.0 Å². The van der Waals surface area contributed by atoms with Gasteiger partial charge in [0.1, 0.15) is 5.82 Å². The van der Waals surface area contributed by atoms with Crippen LogP contribution in [0.2, 0.25) is 0 Å². The molecule has 0 heterocycles. The maximum Gasteiger partial charge on any atom is 0.126 e. The molecule has 0 N–H and O–H groups in total. The Bertz CT molecular complexity index is 1300. The van der Waals surface area contributed by atoms with Gasteiger partial charge in [0.25, 0.3) is 0 Å². The average molecular weight is 419 g/mol. The number of aryl methyl sites for hydroxylation is 1. The molecule has 158 valence electrons. The highest BCUT2D eigenvalue weighted by atomic mass is 19.1. The van der Waals surface area contributed by atoms with Crippen molar-refractivity contribution in [3.8, 4) is 23.7 Å². The van der Waals surface area contributed by atoms with Gasteiger partial charge in [-0.05, 0) is 104 Å². The Morgan fingerprint density at radius 3 is 2.16 bits per heavy atom. The number of fused-ring (bicyclic) bond motifs is 1. The molecule has 0 aromatic heterocycles. The predicted molar refractivity (Wildman–Crippen MR) is 132 cm³/mol. The monoisotopic (exact) mass is 418 g/mol. The first-order valence-electron chi connectivity index (χ1n) is 11.3. The zero-order valence-electron chi connectivity index (χ0n) is 19.0. The van der Waals surface area contributed by atoms with Crippen LogP contribution in [0.1, 0.15) is 70.7 Å². The third-order valence-electron chi connectivity index (χ3n) is 5.96. The Morgan fingerprint density at radius 1 is 0.812 bits per heavy atom. The highest BCUT2D eigenvalue weighted by Crippen LogP contribution is 2.31. The molecule has 0 nitrogen and oxygen atoms in total. The standard InChI is InChI=1S/C31H27F/c1-4-5-6-27-20-29-17-16-28(23(3)30(29)21-27)15-13-25-9-7-24(8-10-25)11-12-26-14-18-31(32)22(2)19-26/h7-10,14,16-19,21H,4-6,20H2,1-3H3. The van der Waals surface area contributed by atoms with E-state index in [2.05, 4.69) is 55.7 Å². The summed E-state index contributed by atoms with van der Waals surface area (Å²) in [5.41, 5.74) is 10.0. The Kier molecular flexibility index (Phi) is 6.58. The lowest BCUT2D eigenvalue weighted by Crippen LogP contribution is -1.91. The van der Waals surface area contributed by atoms with Crippen LogP contribution in [0.5, 0.6) is 0 Å². The highest BCUT2D eigenvalue weighted by Gasteiger charge is 2.15. The topological polar surface area (TPSA) is 0 Å². The number of allylic oxidation sites excluding steroid dienone is 1. The van der Waals surface area contributed by atoms with Crippen LogP contribution >= 0.6 is 0 Å². The van der Waals surface area contributed by atoms with Gasteiger partial charge >= 0.3 is 0 Å². The third-order valence-corrected chi connectivity index (χ3v) is 5.96. The number of hydrogen-bond donors (Lipinski definition) is 0. The van der Waals surface area contributed by atoms with Gasteiger partial charge in [-0.15, -0.1) is 0 Å². The summed E-state index contributed by atoms with van der Waals surface area (Å²) in [4.78, 5) is 0. The summed E-state index contributed by atoms with van der Waals surface area (Å²) in [5.74, 6) is 12.7. The van der Waals surface area contributed by atoms with Crippen LogP contribution in [0.4, 0.5) is 4.39 Å². The fourth-order valence-corrected chi connectivity index (χ4v) is 3.98. The van der Waals surface area contributed by atoms with Crippen molar-refractivity contribution in [2.75, 3.05) is 0 Å². The Balaban J connectivity index is 1.49. The van der Waals surface area contributed by atoms with E-state index in [9.17, 15) is 4.39 Å². The van der Waals surface area contributed by atoms with Crippen LogP contribution in [-0.2, 0) is 6.42 Å². The van der Waals surface area contributed by atoms with E-state index in [1.807, 2.05) is 24.3 Å². The van der Waals surface area contributed by atoms with Crippen molar-refractivity contribution in [1.29, 1.82) is 0 Å². The van der Waals surface area contributed by atoms with E-state index in [1.54, 1.807) is 24.6 Å². The quantitative estimate of drug-likeness (QED) is 0.390. The van der Waals surface area contributed by atoms with Crippen molar-refractivity contribution < 1.29 is 4.39 Å². The van der Waals surface area contributed by atoms with Crippen molar-refractivity contribution >= 4 is 6.08 Å². The van der Waals surface area contributed by atoms with Gasteiger partial charge in [0.2, 0.25) is 0 Å². The molecule has 1 aliphatic carbocycles. The summed E-state index contributed by atoms with van der Waals surface area (Å²) in [6.45, 7) is 6.17. The molecule has 1 heteroatoms. The fraction of sp³-hybridized carbons (Fsp3) is 0.226. The van der Waals surface area contributed by atoms with Gasteiger partial charge in [-0.2, -0.15) is 0 Å². The van der Waals surface area contributed by atoms with Gasteiger partial charge in [-0.25, -0.2) is 4.39 Å². The number of benzene rings is 3. The SMILES string of the molecule is CCCCC1=Cc2c(ccc(C#Cc3ccc(C#Cc4ccc(F)c(C)c4)cc3)c2C)C1. The highest BCUT2D eigenvalue weighted by molar-refractivity contribution is 5.69. The summed E-state index contributed by atoms with van der Waals surface area (Å²) in [5, 5.41) is 0. The second-order valence-electron chi connectivity index (χ2n) is 8.44. The van der Waals surface area contributed by atoms with Crippen molar-refractivity contribution in [1.82, 2.24) is 0 Å². The lowest BCUT2D eigenvalue weighted by atomic mass is 9.99. The van der Waals surface area contributed by atoms with Crippen LogP contribution in [0.3, 0.4) is 0 Å². The molecule has 4 rings (SSSR count). The average Bonchev–Trinajstić information content (AvgIpc) is 3.23. The molecule has 0 fully saturated rings. The first-order valence-corrected chi connectivity index (χ1v) is 11.3. The molecule has 32 heavy (non-hydrogen) atoms. The van der Waals surface area contributed by atoms with Crippen molar-refractivity contribution in [2.45, 2.75) is 46.5 Å². The number of hydrogen-bond acceptors (Lipinski definition) is 0. The molecule has 0 radical (unpaired) electrons. The van der Waals surface area contributed by atoms with Crippen LogP contribution in [-0.4, -0.2) is 0 Å². The van der Waals surface area contributed by atoms with Crippen molar-refractivity contribution in [3.05, 3.63) is 110 Å². The van der Waals surface area contributed by atoms with E-state index < -0.39 is 0 Å². The fourth-order valence-electron chi connectivity index (χ4n) is 3.98. The van der Waals surface area contributed by atoms with Gasteiger partial charge in [0.05, 0.1) is 0 Å². The number of halogens is 1. The summed E-state index contributed by atoms with van der Waals surface area (Å²) < 4.78 is 13.4. The van der Waals surface area contributed by atoms with Gasteiger partial charge in [-0.3, -0.25) is 0 Å². The first kappa shape index (κ1) is 21.7. The van der Waals surface area contributed by atoms with Crippen LogP contribution in [0.15, 0.2) is 60.2 Å². The second-order valence-corrected chi connectivity index (χ2v) is 8.44. The summed E-state index contributed by atoms with van der Waals surface area (Å²) in [6.07, 6.45) is 7.15. The van der Waals surface area contributed by atoms with E-state index >= 15 is 0 Å². The molecule has 1 aliphatic rings. The van der Waals surface area contributed by atoms with Crippen LogP contribution < -0.4 is 0 Å². The molecule has 0 saturated carbocycles. The van der Waals surface area contributed by atoms with Gasteiger partial charge in [-0.1, -0.05) is 54.7 Å². The molecule has 0 atom stereocenters. The van der Waals surface area contributed by atoms with E-state index in [0.717, 1.165) is 28.7 Å². The predicted octanol–water partition coefficient (Wildman–Crippen LogP) is 7.37. The normalized spacial score (nSPS) is 11.7. The zero-order valence-corrected chi connectivity index (χ0v) is 19.0. The Morgan fingerprint density at radius 2 is 1.47 bits per heavy atom. The minimum atomic E-state index is -0.204. The molecule has 0 spiro atoms. The number of rotatable bonds is 3. The Hall–Kier alpha value is -3.55. The maximum absolute atomic E-state index is 13.4. The minimum Gasteiger partial charge on any atom is -0.207 e. The summed E-state index contributed by atoms with van der Waals surface area (Å²) in [7, 11) is 0. The molecule has 3 aromatic rings. The lowest BCUT2D eigenvalue weighted by Gasteiger charge is -2.05. The largest absolute Gasteiger partial charge is 0.207 e. The summed E-state index contributed by atoms with van der Waals surface area (Å²) >= 11 is 0. The van der Waals surface area contributed by atoms with Crippen molar-refractivity contribution in [2.24, 2.45) is 0 Å². The third kappa shape index (κ3) is 5.01. The van der Waals surface area contributed by atoms with Gasteiger partial charge < -0.3 is 0 Å². The molecule has 0 bridgehead atoms. The first-order chi connectivity index (χ1) is 15.5. The van der Waals surface area contributed by atoms with E-state index in [4.69, 9.17) is 0 Å². The molecular formula is C31H27F. The minimum absolute atomic E-state index is 0.204. The molecular weight excluding hydrogens is 391 g/mol. The van der Waals surface area contributed by atoms with E-state index in [0.29, 0.717) is 5.56 Å². The molecule has 0 unspecified atom stereocenters. The lowest BCUT2D eigenvalue weighted by molar-refractivity contribution is 0.618.